The molecule has 0 saturated heterocycles. The topological polar surface area (TPSA) is 44.9 Å². The second kappa shape index (κ2) is 4.77. The summed E-state index contributed by atoms with van der Waals surface area (Å²) in [6.07, 6.45) is 2.93. The number of benzene rings is 2. The van der Waals surface area contributed by atoms with Crippen LogP contribution in [0.3, 0.4) is 0 Å². The summed E-state index contributed by atoms with van der Waals surface area (Å²) < 4.78 is 0. The minimum absolute atomic E-state index is 0.0838. The van der Waals surface area contributed by atoms with Gasteiger partial charge >= 0.3 is 0 Å². The number of hydrogen-bond acceptors (Lipinski definition) is 1. The highest BCUT2D eigenvalue weighted by Gasteiger charge is 2.27. The first-order chi connectivity index (χ1) is 10.3. The van der Waals surface area contributed by atoms with Gasteiger partial charge in [0.15, 0.2) is 0 Å². The van der Waals surface area contributed by atoms with Gasteiger partial charge in [0.25, 0.3) is 0 Å². The van der Waals surface area contributed by atoms with Gasteiger partial charge in [0, 0.05) is 23.6 Å². The molecule has 104 valence electrons. The summed E-state index contributed by atoms with van der Waals surface area (Å²) >= 11 is 0. The van der Waals surface area contributed by atoms with Crippen LogP contribution in [0.2, 0.25) is 0 Å². The Morgan fingerprint density at radius 3 is 2.71 bits per heavy atom. The molecule has 4 rings (SSSR count). The van der Waals surface area contributed by atoms with E-state index in [0.717, 1.165) is 23.1 Å². The maximum atomic E-state index is 12.6. The van der Waals surface area contributed by atoms with Gasteiger partial charge in [-0.05, 0) is 29.2 Å². The first-order valence-corrected chi connectivity index (χ1v) is 7.26. The Morgan fingerprint density at radius 2 is 1.86 bits per heavy atom. The van der Waals surface area contributed by atoms with Gasteiger partial charge in [0.2, 0.25) is 5.91 Å². The molecule has 2 heterocycles. The maximum Gasteiger partial charge on any atom is 0.232 e. The van der Waals surface area contributed by atoms with Gasteiger partial charge in [-0.25, -0.2) is 0 Å². The van der Waals surface area contributed by atoms with Gasteiger partial charge in [-0.2, -0.15) is 0 Å². The van der Waals surface area contributed by atoms with Crippen LogP contribution >= 0.6 is 0 Å². The van der Waals surface area contributed by atoms with Crippen molar-refractivity contribution in [2.75, 3.05) is 6.54 Å². The third-order valence-electron chi connectivity index (χ3n) is 4.22. The predicted octanol–water partition coefficient (Wildman–Crippen LogP) is 2.97. The summed E-state index contributed by atoms with van der Waals surface area (Å²) in [6.45, 7) is 0.684. The fraction of sp³-hybridized carbons (Fsp3) is 0.167. The number of hydrogen-bond donors (Lipinski definition) is 2. The van der Waals surface area contributed by atoms with Crippen LogP contribution < -0.4 is 5.32 Å². The van der Waals surface area contributed by atoms with Gasteiger partial charge in [0.05, 0.1) is 5.92 Å². The third-order valence-corrected chi connectivity index (χ3v) is 4.22. The van der Waals surface area contributed by atoms with Gasteiger partial charge < -0.3 is 10.3 Å². The molecule has 0 bridgehead atoms. The first-order valence-electron chi connectivity index (χ1n) is 7.26. The zero-order valence-electron chi connectivity index (χ0n) is 11.6. The van der Waals surface area contributed by atoms with Crippen molar-refractivity contribution in [2.24, 2.45) is 0 Å². The molecule has 3 heteroatoms. The zero-order chi connectivity index (χ0) is 14.2. The van der Waals surface area contributed by atoms with Crippen molar-refractivity contribution >= 4 is 16.8 Å². The summed E-state index contributed by atoms with van der Waals surface area (Å²) in [7, 11) is 0. The number of amides is 1. The normalized spacial score (nSPS) is 18.1. The van der Waals surface area contributed by atoms with Gasteiger partial charge in [-0.3, -0.25) is 4.79 Å². The molecule has 1 aromatic heterocycles. The first kappa shape index (κ1) is 12.2. The van der Waals surface area contributed by atoms with Gasteiger partial charge in [-0.1, -0.05) is 42.5 Å². The fourth-order valence-corrected chi connectivity index (χ4v) is 3.26. The van der Waals surface area contributed by atoms with Crippen LogP contribution in [0.1, 0.15) is 22.6 Å². The molecule has 0 fully saturated rings. The van der Waals surface area contributed by atoms with Crippen molar-refractivity contribution in [3.63, 3.8) is 0 Å². The van der Waals surface area contributed by atoms with E-state index >= 15 is 0 Å². The summed E-state index contributed by atoms with van der Waals surface area (Å²) in [6, 6.07) is 16.2. The average Bonchev–Trinajstić information content (AvgIpc) is 2.91. The monoisotopic (exact) mass is 276 g/mol. The number of carbonyl (C=O) groups excluding carboxylic acids is 1. The second-order valence-electron chi connectivity index (χ2n) is 5.47. The molecule has 0 aliphatic carbocycles. The molecular formula is C18H16N2O. The van der Waals surface area contributed by atoms with Crippen molar-refractivity contribution < 1.29 is 4.79 Å². The Kier molecular flexibility index (Phi) is 2.78. The lowest BCUT2D eigenvalue weighted by Gasteiger charge is -2.21. The van der Waals surface area contributed by atoms with Crippen LogP contribution in [-0.2, 0) is 11.2 Å². The Morgan fingerprint density at radius 1 is 1.00 bits per heavy atom. The number of rotatable bonds is 1. The van der Waals surface area contributed by atoms with E-state index in [-0.39, 0.29) is 11.8 Å². The van der Waals surface area contributed by atoms with Crippen molar-refractivity contribution in [1.29, 1.82) is 0 Å². The lowest BCUT2D eigenvalue weighted by molar-refractivity contribution is -0.121. The molecule has 1 unspecified atom stereocenters. The van der Waals surface area contributed by atoms with E-state index in [2.05, 4.69) is 28.6 Å². The van der Waals surface area contributed by atoms with Crippen LogP contribution in [0, 0.1) is 0 Å². The Hall–Kier alpha value is -2.55. The van der Waals surface area contributed by atoms with E-state index in [1.807, 2.05) is 36.4 Å². The lowest BCUT2D eigenvalue weighted by Crippen LogP contribution is -2.33. The Balaban J connectivity index is 2.01. The SMILES string of the molecule is O=C1NCCc2c[nH]c3cccc(c23)C1c1ccccc1. The zero-order valence-corrected chi connectivity index (χ0v) is 11.6. The van der Waals surface area contributed by atoms with E-state index in [1.165, 1.54) is 10.9 Å². The molecule has 1 aliphatic rings. The number of aromatic nitrogens is 1. The van der Waals surface area contributed by atoms with E-state index in [1.54, 1.807) is 0 Å². The molecule has 0 spiro atoms. The van der Waals surface area contributed by atoms with Crippen molar-refractivity contribution in [3.05, 3.63) is 71.4 Å². The molecule has 3 nitrogen and oxygen atoms in total. The predicted molar refractivity (Wildman–Crippen MR) is 83.3 cm³/mol. The Labute approximate surface area is 123 Å². The summed E-state index contributed by atoms with van der Waals surface area (Å²) in [5, 5.41) is 4.26. The minimum atomic E-state index is -0.246. The highest BCUT2D eigenvalue weighted by molar-refractivity contribution is 5.96. The van der Waals surface area contributed by atoms with Gasteiger partial charge in [-0.15, -0.1) is 0 Å². The largest absolute Gasteiger partial charge is 0.361 e. The molecule has 3 aromatic rings. The molecule has 2 aromatic carbocycles. The van der Waals surface area contributed by atoms with Gasteiger partial charge in [0.1, 0.15) is 0 Å². The molecule has 2 N–H and O–H groups in total. The highest BCUT2D eigenvalue weighted by Crippen LogP contribution is 2.34. The number of H-pyrrole nitrogens is 1. The molecule has 1 aliphatic heterocycles. The van der Waals surface area contributed by atoms with Crippen LogP contribution in [-0.4, -0.2) is 17.4 Å². The second-order valence-corrected chi connectivity index (χ2v) is 5.47. The summed E-state index contributed by atoms with van der Waals surface area (Å²) in [5.41, 5.74) is 4.52. The molecular weight excluding hydrogens is 260 g/mol. The van der Waals surface area contributed by atoms with Crippen LogP contribution in [0.4, 0.5) is 0 Å². The smallest absolute Gasteiger partial charge is 0.232 e. The summed E-state index contributed by atoms with van der Waals surface area (Å²) in [5.74, 6) is -0.162. The maximum absolute atomic E-state index is 12.6. The molecule has 0 saturated carbocycles. The van der Waals surface area contributed by atoms with Crippen molar-refractivity contribution in [3.8, 4) is 0 Å². The highest BCUT2D eigenvalue weighted by atomic mass is 16.1. The Bertz CT molecular complexity index is 804. The van der Waals surface area contributed by atoms with Crippen LogP contribution in [0.15, 0.2) is 54.7 Å². The minimum Gasteiger partial charge on any atom is -0.361 e. The van der Waals surface area contributed by atoms with E-state index in [0.29, 0.717) is 6.54 Å². The standard InChI is InChI=1S/C18H16N2O/c21-18-17(12-5-2-1-3-6-12)14-7-4-8-15-16(14)13(11-20-15)9-10-19-18/h1-8,11,17,20H,9-10H2,(H,19,21). The van der Waals surface area contributed by atoms with E-state index in [4.69, 9.17) is 0 Å². The summed E-state index contributed by atoms with van der Waals surface area (Å²) in [4.78, 5) is 15.9. The van der Waals surface area contributed by atoms with Crippen molar-refractivity contribution in [1.82, 2.24) is 10.3 Å². The van der Waals surface area contributed by atoms with Crippen molar-refractivity contribution in [2.45, 2.75) is 12.3 Å². The van der Waals surface area contributed by atoms with E-state index < -0.39 is 0 Å². The van der Waals surface area contributed by atoms with E-state index in [9.17, 15) is 4.79 Å². The lowest BCUT2D eigenvalue weighted by atomic mass is 9.86. The number of aromatic amines is 1. The van der Waals surface area contributed by atoms with Crippen LogP contribution in [0.5, 0.6) is 0 Å². The fourth-order valence-electron chi connectivity index (χ4n) is 3.26. The molecule has 21 heavy (non-hydrogen) atoms. The molecule has 1 atom stereocenters. The molecule has 1 amide bonds. The number of carbonyl (C=O) groups is 1. The quantitative estimate of drug-likeness (QED) is 0.705. The molecule has 0 radical (unpaired) electrons. The third kappa shape index (κ3) is 1.93. The number of nitrogens with one attached hydrogen (secondary N) is 2. The average molecular weight is 276 g/mol. The van der Waals surface area contributed by atoms with Crippen LogP contribution in [0.25, 0.3) is 10.9 Å².